The van der Waals surface area contributed by atoms with Crippen LogP contribution < -0.4 is 10.1 Å². The number of aryl methyl sites for hydroxylation is 1. The molecule has 7 heteroatoms. The number of carbonyl (C=O) groups is 1. The Labute approximate surface area is 174 Å². The molecule has 0 aliphatic heterocycles. The Morgan fingerprint density at radius 2 is 2.00 bits per heavy atom. The van der Waals surface area contributed by atoms with E-state index in [0.29, 0.717) is 21.4 Å². The van der Waals surface area contributed by atoms with Gasteiger partial charge in [-0.3, -0.25) is 9.48 Å². The zero-order valence-electron chi connectivity index (χ0n) is 15.9. The number of nitrogens with one attached hydrogen (secondary N) is 1. The minimum absolute atomic E-state index is 0.147. The molecule has 3 aromatic rings. The number of nitrogens with zero attached hydrogens (tertiary/aromatic N) is 2. The topological polar surface area (TPSA) is 56.1 Å². The van der Waals surface area contributed by atoms with Crippen LogP contribution >= 0.6 is 23.2 Å². The molecule has 1 amide bonds. The maximum absolute atomic E-state index is 12.7. The third kappa shape index (κ3) is 4.49. The molecule has 0 aliphatic carbocycles. The number of carbonyl (C=O) groups excluding carboxylic acids is 1. The van der Waals surface area contributed by atoms with Gasteiger partial charge in [-0.2, -0.15) is 5.10 Å². The van der Waals surface area contributed by atoms with Gasteiger partial charge in [0.2, 0.25) is 0 Å². The first-order valence-electron chi connectivity index (χ1n) is 8.82. The second-order valence-electron chi connectivity index (χ2n) is 6.55. The third-order valence-electron chi connectivity index (χ3n) is 4.59. The lowest BCUT2D eigenvalue weighted by Gasteiger charge is -2.14. The van der Waals surface area contributed by atoms with E-state index < -0.39 is 0 Å². The fourth-order valence-electron chi connectivity index (χ4n) is 2.86. The van der Waals surface area contributed by atoms with E-state index in [9.17, 15) is 4.79 Å². The van der Waals surface area contributed by atoms with Gasteiger partial charge in [-0.05, 0) is 43.7 Å². The quantitative estimate of drug-likeness (QED) is 0.606. The van der Waals surface area contributed by atoms with Crippen LogP contribution in [0.4, 0.5) is 0 Å². The summed E-state index contributed by atoms with van der Waals surface area (Å²) in [6.07, 6.45) is 1.78. The van der Waals surface area contributed by atoms with Crippen molar-refractivity contribution in [3.8, 4) is 5.75 Å². The van der Waals surface area contributed by atoms with Crippen LogP contribution in [0.5, 0.6) is 5.75 Å². The lowest BCUT2D eigenvalue weighted by Crippen LogP contribution is -2.27. The molecular weight excluding hydrogens is 397 g/mol. The number of amides is 1. The van der Waals surface area contributed by atoms with E-state index >= 15 is 0 Å². The molecule has 28 heavy (non-hydrogen) atoms. The molecule has 0 radical (unpaired) electrons. The lowest BCUT2D eigenvalue weighted by molar-refractivity contribution is 0.0939. The molecule has 0 saturated heterocycles. The van der Waals surface area contributed by atoms with Gasteiger partial charge in [-0.25, -0.2) is 0 Å². The van der Waals surface area contributed by atoms with Crippen LogP contribution in [0.15, 0.2) is 48.7 Å². The highest BCUT2D eigenvalue weighted by atomic mass is 35.5. The minimum atomic E-state index is -0.154. The van der Waals surface area contributed by atoms with Gasteiger partial charge in [-0.1, -0.05) is 41.4 Å². The van der Waals surface area contributed by atoms with Gasteiger partial charge < -0.3 is 10.1 Å². The van der Waals surface area contributed by atoms with E-state index in [4.69, 9.17) is 27.9 Å². The molecule has 2 aromatic carbocycles. The van der Waals surface area contributed by atoms with Gasteiger partial charge in [0.25, 0.3) is 5.91 Å². The Morgan fingerprint density at radius 1 is 1.25 bits per heavy atom. The molecule has 1 heterocycles. The van der Waals surface area contributed by atoms with E-state index in [1.54, 1.807) is 41.2 Å². The molecule has 0 fully saturated rings. The highest BCUT2D eigenvalue weighted by Gasteiger charge is 2.16. The van der Waals surface area contributed by atoms with Crippen LogP contribution in [0.1, 0.15) is 40.1 Å². The third-order valence-corrected chi connectivity index (χ3v) is 5.39. The largest absolute Gasteiger partial charge is 0.487 e. The highest BCUT2D eigenvalue weighted by molar-refractivity contribution is 6.42. The zero-order chi connectivity index (χ0) is 20.3. The fraction of sp³-hybridized carbons (Fsp3) is 0.238. The van der Waals surface area contributed by atoms with Crippen molar-refractivity contribution in [3.63, 3.8) is 0 Å². The SMILES string of the molecule is Cc1c(C(C)NC(=O)c2cccc(COc3cccc(Cl)c3Cl)c2)cnn1C. The van der Waals surface area contributed by atoms with Crippen molar-refractivity contribution < 1.29 is 9.53 Å². The fourth-order valence-corrected chi connectivity index (χ4v) is 3.20. The van der Waals surface area contributed by atoms with Crippen LogP contribution in [0, 0.1) is 6.92 Å². The lowest BCUT2D eigenvalue weighted by atomic mass is 10.1. The molecule has 1 N–H and O–H groups in total. The number of benzene rings is 2. The molecule has 0 spiro atoms. The molecule has 0 aliphatic rings. The summed E-state index contributed by atoms with van der Waals surface area (Å²) in [4.78, 5) is 12.7. The Kier molecular flexibility index (Phi) is 6.27. The first-order valence-corrected chi connectivity index (χ1v) is 9.57. The van der Waals surface area contributed by atoms with Crippen molar-refractivity contribution in [2.45, 2.75) is 26.5 Å². The van der Waals surface area contributed by atoms with Crippen LogP contribution in [0.3, 0.4) is 0 Å². The normalized spacial score (nSPS) is 11.9. The van der Waals surface area contributed by atoms with Crippen molar-refractivity contribution in [2.24, 2.45) is 7.05 Å². The number of hydrogen-bond acceptors (Lipinski definition) is 3. The first-order chi connectivity index (χ1) is 13.4. The molecule has 1 aromatic heterocycles. The molecule has 0 saturated carbocycles. The second-order valence-corrected chi connectivity index (χ2v) is 7.33. The van der Waals surface area contributed by atoms with Crippen LogP contribution in [0.2, 0.25) is 10.0 Å². The summed E-state index contributed by atoms with van der Waals surface area (Å²) in [5.74, 6) is 0.350. The summed E-state index contributed by atoms with van der Waals surface area (Å²) in [7, 11) is 1.88. The highest BCUT2D eigenvalue weighted by Crippen LogP contribution is 2.32. The summed E-state index contributed by atoms with van der Waals surface area (Å²) in [5, 5.41) is 8.05. The second kappa shape index (κ2) is 8.67. The van der Waals surface area contributed by atoms with Gasteiger partial charge in [-0.15, -0.1) is 0 Å². The minimum Gasteiger partial charge on any atom is -0.487 e. The van der Waals surface area contributed by atoms with E-state index in [1.807, 2.05) is 33.0 Å². The van der Waals surface area contributed by atoms with Crippen LogP contribution in [0.25, 0.3) is 0 Å². The number of halogens is 2. The molecule has 146 valence electrons. The number of rotatable bonds is 6. The number of aromatic nitrogens is 2. The van der Waals surface area contributed by atoms with E-state index in [0.717, 1.165) is 16.8 Å². The predicted octanol–water partition coefficient (Wildman–Crippen LogP) is 5.11. The predicted molar refractivity (Wildman–Crippen MR) is 111 cm³/mol. The summed E-state index contributed by atoms with van der Waals surface area (Å²) >= 11 is 12.1. The standard InChI is InChI=1S/C21H21Cl2N3O2/c1-13(17-11-24-26(3)14(17)2)25-21(27)16-7-4-6-15(10-16)12-28-19-9-5-8-18(22)20(19)23/h4-11,13H,12H2,1-3H3,(H,25,27). The summed E-state index contributed by atoms with van der Waals surface area (Å²) < 4.78 is 7.54. The monoisotopic (exact) mass is 417 g/mol. The first kappa shape index (κ1) is 20.2. The van der Waals surface area contributed by atoms with Crippen LogP contribution in [-0.4, -0.2) is 15.7 Å². The van der Waals surface area contributed by atoms with Crippen molar-refractivity contribution >= 4 is 29.1 Å². The van der Waals surface area contributed by atoms with E-state index in [-0.39, 0.29) is 18.6 Å². The van der Waals surface area contributed by atoms with Gasteiger partial charge in [0.15, 0.2) is 0 Å². The molecule has 5 nitrogen and oxygen atoms in total. The maximum Gasteiger partial charge on any atom is 0.251 e. The zero-order valence-corrected chi connectivity index (χ0v) is 17.4. The smallest absolute Gasteiger partial charge is 0.251 e. The van der Waals surface area contributed by atoms with Crippen molar-refractivity contribution in [2.75, 3.05) is 0 Å². The maximum atomic E-state index is 12.7. The summed E-state index contributed by atoms with van der Waals surface area (Å²) in [6, 6.07) is 12.4. The van der Waals surface area contributed by atoms with Gasteiger partial charge >= 0.3 is 0 Å². The molecule has 1 unspecified atom stereocenters. The summed E-state index contributed by atoms with van der Waals surface area (Å²) in [6.45, 7) is 4.19. The van der Waals surface area contributed by atoms with E-state index in [2.05, 4.69) is 10.4 Å². The van der Waals surface area contributed by atoms with Crippen molar-refractivity contribution in [1.82, 2.24) is 15.1 Å². The number of hydrogen-bond donors (Lipinski definition) is 1. The van der Waals surface area contributed by atoms with Gasteiger partial charge in [0.05, 0.1) is 17.3 Å². The Morgan fingerprint density at radius 3 is 2.71 bits per heavy atom. The van der Waals surface area contributed by atoms with Gasteiger partial charge in [0.1, 0.15) is 17.4 Å². The molecule has 1 atom stereocenters. The van der Waals surface area contributed by atoms with Crippen molar-refractivity contribution in [1.29, 1.82) is 0 Å². The van der Waals surface area contributed by atoms with E-state index in [1.165, 1.54) is 0 Å². The average Bonchev–Trinajstić information content (AvgIpc) is 3.02. The number of ether oxygens (including phenoxy) is 1. The Hall–Kier alpha value is -2.50. The Bertz CT molecular complexity index is 1000. The van der Waals surface area contributed by atoms with Crippen LogP contribution in [-0.2, 0) is 13.7 Å². The van der Waals surface area contributed by atoms with Gasteiger partial charge in [0, 0.05) is 23.9 Å². The average molecular weight is 418 g/mol. The molecule has 0 bridgehead atoms. The molecular formula is C21H21Cl2N3O2. The molecule has 3 rings (SSSR count). The van der Waals surface area contributed by atoms with Crippen molar-refractivity contribution in [3.05, 3.63) is 81.1 Å². The summed E-state index contributed by atoms with van der Waals surface area (Å²) in [5.41, 5.74) is 3.43. The Balaban J connectivity index is 1.67.